The van der Waals surface area contributed by atoms with Crippen molar-refractivity contribution in [1.29, 1.82) is 0 Å². The summed E-state index contributed by atoms with van der Waals surface area (Å²) in [5.41, 5.74) is 3.00. The van der Waals surface area contributed by atoms with Crippen LogP contribution in [-0.2, 0) is 27.2 Å². The third-order valence-electron chi connectivity index (χ3n) is 4.02. The minimum Gasteiger partial charge on any atom is -0.455 e. The van der Waals surface area contributed by atoms with Crippen LogP contribution in [0.15, 0.2) is 54.7 Å². The molecule has 0 bridgehead atoms. The van der Waals surface area contributed by atoms with Crippen LogP contribution >= 0.6 is 11.6 Å². The molecule has 0 saturated carbocycles. The first-order chi connectivity index (χ1) is 12.6. The van der Waals surface area contributed by atoms with E-state index in [9.17, 15) is 9.59 Å². The number of amides is 1. The second-order valence-electron chi connectivity index (χ2n) is 5.92. The van der Waals surface area contributed by atoms with E-state index in [2.05, 4.69) is 10.3 Å². The minimum atomic E-state index is -0.445. The van der Waals surface area contributed by atoms with Gasteiger partial charge in [0.15, 0.2) is 6.61 Å². The Kier molecular flexibility index (Phi) is 5.92. The van der Waals surface area contributed by atoms with Gasteiger partial charge in [-0.15, -0.1) is 0 Å². The van der Waals surface area contributed by atoms with Crippen molar-refractivity contribution in [3.05, 3.63) is 70.9 Å². The molecule has 1 heterocycles. The largest absolute Gasteiger partial charge is 0.455 e. The van der Waals surface area contributed by atoms with Gasteiger partial charge in [0, 0.05) is 28.7 Å². The zero-order chi connectivity index (χ0) is 18.4. The highest BCUT2D eigenvalue weighted by molar-refractivity contribution is 6.30. The molecule has 1 amide bonds. The lowest BCUT2D eigenvalue weighted by Gasteiger charge is -2.07. The van der Waals surface area contributed by atoms with Crippen LogP contribution in [0.2, 0.25) is 5.02 Å². The van der Waals surface area contributed by atoms with Gasteiger partial charge in [0.2, 0.25) is 0 Å². The molecule has 0 fully saturated rings. The number of rotatable bonds is 7. The van der Waals surface area contributed by atoms with E-state index < -0.39 is 5.97 Å². The Bertz CT molecular complexity index is 903. The fourth-order valence-corrected chi connectivity index (χ4v) is 2.82. The summed E-state index contributed by atoms with van der Waals surface area (Å²) < 4.78 is 5.01. The van der Waals surface area contributed by atoms with Gasteiger partial charge in [0.1, 0.15) is 0 Å². The van der Waals surface area contributed by atoms with Crippen LogP contribution in [-0.4, -0.2) is 30.0 Å². The number of aromatic nitrogens is 1. The standard InChI is InChI=1S/C20H19ClN2O3/c21-16-7-5-14(6-8-16)11-20(25)26-13-19(24)22-10-9-15-12-23-18-4-2-1-3-17(15)18/h1-8,12,23H,9-11,13H2,(H,22,24). The molecule has 0 aliphatic rings. The molecular formula is C20H19ClN2O3. The third kappa shape index (κ3) is 4.86. The van der Waals surface area contributed by atoms with Gasteiger partial charge in [-0.3, -0.25) is 9.59 Å². The number of ether oxygens (including phenoxy) is 1. The number of hydrogen-bond donors (Lipinski definition) is 2. The van der Waals surface area contributed by atoms with Gasteiger partial charge in [-0.25, -0.2) is 0 Å². The normalized spacial score (nSPS) is 10.7. The first-order valence-corrected chi connectivity index (χ1v) is 8.71. The van der Waals surface area contributed by atoms with E-state index in [-0.39, 0.29) is 18.9 Å². The topological polar surface area (TPSA) is 71.2 Å². The second kappa shape index (κ2) is 8.54. The SMILES string of the molecule is O=C(COC(=O)Cc1ccc(Cl)cc1)NCCc1c[nH]c2ccccc12. The number of carbonyl (C=O) groups excluding carboxylic acids is 2. The molecule has 1 aromatic heterocycles. The highest BCUT2D eigenvalue weighted by atomic mass is 35.5. The average Bonchev–Trinajstić information content (AvgIpc) is 3.05. The number of esters is 1. The molecule has 0 radical (unpaired) electrons. The summed E-state index contributed by atoms with van der Waals surface area (Å²) in [4.78, 5) is 26.8. The summed E-state index contributed by atoms with van der Waals surface area (Å²) in [7, 11) is 0. The van der Waals surface area contributed by atoms with E-state index in [0.717, 1.165) is 22.0 Å². The number of fused-ring (bicyclic) bond motifs is 1. The van der Waals surface area contributed by atoms with E-state index in [1.54, 1.807) is 24.3 Å². The van der Waals surface area contributed by atoms with Crippen molar-refractivity contribution < 1.29 is 14.3 Å². The molecule has 26 heavy (non-hydrogen) atoms. The Hall–Kier alpha value is -2.79. The maximum atomic E-state index is 11.8. The molecule has 3 aromatic rings. The van der Waals surface area contributed by atoms with Gasteiger partial charge < -0.3 is 15.0 Å². The molecule has 5 nitrogen and oxygen atoms in total. The van der Waals surface area contributed by atoms with Crippen LogP contribution in [0.4, 0.5) is 0 Å². The Morgan fingerprint density at radius 2 is 1.85 bits per heavy atom. The Morgan fingerprint density at radius 1 is 1.08 bits per heavy atom. The number of nitrogens with one attached hydrogen (secondary N) is 2. The smallest absolute Gasteiger partial charge is 0.310 e. The number of para-hydroxylation sites is 1. The molecule has 2 aromatic carbocycles. The van der Waals surface area contributed by atoms with Crippen LogP contribution in [0.1, 0.15) is 11.1 Å². The van der Waals surface area contributed by atoms with Crippen LogP contribution in [0.25, 0.3) is 10.9 Å². The number of aromatic amines is 1. The molecule has 0 aliphatic carbocycles. The maximum Gasteiger partial charge on any atom is 0.310 e. The molecule has 0 atom stereocenters. The molecule has 2 N–H and O–H groups in total. The lowest BCUT2D eigenvalue weighted by atomic mass is 10.1. The van der Waals surface area contributed by atoms with Crippen LogP contribution < -0.4 is 5.32 Å². The number of hydrogen-bond acceptors (Lipinski definition) is 3. The summed E-state index contributed by atoms with van der Waals surface area (Å²) in [5, 5.41) is 4.52. The molecule has 0 spiro atoms. The lowest BCUT2D eigenvalue weighted by molar-refractivity contribution is -0.147. The highest BCUT2D eigenvalue weighted by Gasteiger charge is 2.09. The van der Waals surface area contributed by atoms with Gasteiger partial charge in [0.05, 0.1) is 6.42 Å². The zero-order valence-corrected chi connectivity index (χ0v) is 14.9. The zero-order valence-electron chi connectivity index (χ0n) is 14.1. The van der Waals surface area contributed by atoms with Gasteiger partial charge in [-0.2, -0.15) is 0 Å². The fraction of sp³-hybridized carbons (Fsp3) is 0.200. The molecule has 0 saturated heterocycles. The summed E-state index contributed by atoms with van der Waals surface area (Å²) in [6.45, 7) is 0.204. The summed E-state index contributed by atoms with van der Waals surface area (Å²) in [6.07, 6.45) is 2.76. The van der Waals surface area contributed by atoms with Crippen molar-refractivity contribution in [3.63, 3.8) is 0 Å². The molecular weight excluding hydrogens is 352 g/mol. The Balaban J connectivity index is 1.38. The van der Waals surface area contributed by atoms with Gasteiger partial charge >= 0.3 is 5.97 Å². The van der Waals surface area contributed by atoms with E-state index in [1.807, 2.05) is 30.5 Å². The van der Waals surface area contributed by atoms with E-state index in [0.29, 0.717) is 18.0 Å². The van der Waals surface area contributed by atoms with Gasteiger partial charge in [-0.1, -0.05) is 41.9 Å². The summed E-state index contributed by atoms with van der Waals surface area (Å²) in [6, 6.07) is 14.9. The minimum absolute atomic E-state index is 0.111. The molecule has 0 aliphatic heterocycles. The second-order valence-corrected chi connectivity index (χ2v) is 6.36. The van der Waals surface area contributed by atoms with Crippen molar-refractivity contribution in [3.8, 4) is 0 Å². The van der Waals surface area contributed by atoms with Gasteiger partial charge in [0.25, 0.3) is 5.91 Å². The summed E-state index contributed by atoms with van der Waals surface area (Å²) in [5.74, 6) is -0.756. The fourth-order valence-electron chi connectivity index (χ4n) is 2.69. The van der Waals surface area contributed by atoms with Crippen molar-refractivity contribution in [1.82, 2.24) is 10.3 Å². The molecule has 0 unspecified atom stereocenters. The van der Waals surface area contributed by atoms with Crippen LogP contribution in [0.5, 0.6) is 0 Å². The van der Waals surface area contributed by atoms with E-state index in [1.165, 1.54) is 0 Å². The van der Waals surface area contributed by atoms with Crippen LogP contribution in [0, 0.1) is 0 Å². The number of H-pyrrole nitrogens is 1. The highest BCUT2D eigenvalue weighted by Crippen LogP contribution is 2.17. The molecule has 3 rings (SSSR count). The van der Waals surface area contributed by atoms with Gasteiger partial charge in [-0.05, 0) is 35.7 Å². The predicted octanol–water partition coefficient (Wildman–Crippen LogP) is 3.27. The summed E-state index contributed by atoms with van der Waals surface area (Å²) >= 11 is 5.80. The molecule has 6 heteroatoms. The molecule has 134 valence electrons. The van der Waals surface area contributed by atoms with Crippen LogP contribution in [0.3, 0.4) is 0 Å². The number of halogens is 1. The Morgan fingerprint density at radius 3 is 2.65 bits per heavy atom. The average molecular weight is 371 g/mol. The first kappa shape index (κ1) is 18.0. The monoisotopic (exact) mass is 370 g/mol. The third-order valence-corrected chi connectivity index (χ3v) is 4.27. The lowest BCUT2D eigenvalue weighted by Crippen LogP contribution is -2.30. The van der Waals surface area contributed by atoms with Crippen molar-refractivity contribution in [2.24, 2.45) is 0 Å². The van der Waals surface area contributed by atoms with Crippen molar-refractivity contribution in [2.75, 3.05) is 13.2 Å². The number of benzene rings is 2. The van der Waals surface area contributed by atoms with Crippen molar-refractivity contribution >= 4 is 34.4 Å². The van der Waals surface area contributed by atoms with Crippen molar-refractivity contribution in [2.45, 2.75) is 12.8 Å². The van der Waals surface area contributed by atoms with E-state index >= 15 is 0 Å². The maximum absolute atomic E-state index is 11.8. The quantitative estimate of drug-likeness (QED) is 0.627. The van der Waals surface area contributed by atoms with E-state index in [4.69, 9.17) is 16.3 Å². The Labute approximate surface area is 156 Å². The number of carbonyl (C=O) groups is 2. The predicted molar refractivity (Wildman–Crippen MR) is 101 cm³/mol. The first-order valence-electron chi connectivity index (χ1n) is 8.33.